The molecule has 3 aromatic rings. The second-order valence-electron chi connectivity index (χ2n) is 4.51. The fourth-order valence-electron chi connectivity index (χ4n) is 2.35. The lowest BCUT2D eigenvalue weighted by Gasteiger charge is -2.08. The number of hydrogen-bond acceptors (Lipinski definition) is 2. The largest absolute Gasteiger partial charge is 0.496 e. The molecule has 0 bridgehead atoms. The number of rotatable bonds is 3. The SMILES string of the molecule is COc1cccc(F)c1C(=O)c1c[nH]c2cccc(F)c12. The second kappa shape index (κ2) is 5.01. The van der Waals surface area contributed by atoms with Gasteiger partial charge in [0.25, 0.3) is 0 Å². The Hall–Kier alpha value is -2.69. The minimum atomic E-state index is -0.704. The van der Waals surface area contributed by atoms with Gasteiger partial charge in [0.05, 0.1) is 12.7 Å². The molecule has 0 atom stereocenters. The van der Waals surface area contributed by atoms with Gasteiger partial charge in [0.2, 0.25) is 5.78 Å². The number of ketones is 1. The quantitative estimate of drug-likeness (QED) is 0.746. The van der Waals surface area contributed by atoms with Crippen molar-refractivity contribution < 1.29 is 18.3 Å². The third kappa shape index (κ3) is 2.07. The Labute approximate surface area is 119 Å². The Kier molecular flexibility index (Phi) is 3.17. The Bertz CT molecular complexity index is 839. The van der Waals surface area contributed by atoms with Crippen LogP contribution in [0, 0.1) is 11.6 Å². The first-order valence-corrected chi connectivity index (χ1v) is 6.26. The van der Waals surface area contributed by atoms with Crippen LogP contribution in [-0.4, -0.2) is 17.9 Å². The molecule has 0 saturated carbocycles. The van der Waals surface area contributed by atoms with E-state index in [9.17, 15) is 13.6 Å². The number of halogens is 2. The molecule has 5 heteroatoms. The van der Waals surface area contributed by atoms with E-state index in [2.05, 4.69) is 4.98 Å². The van der Waals surface area contributed by atoms with E-state index in [1.165, 1.54) is 43.6 Å². The summed E-state index contributed by atoms with van der Waals surface area (Å²) in [5, 5.41) is 0.146. The topological polar surface area (TPSA) is 42.1 Å². The van der Waals surface area contributed by atoms with Gasteiger partial charge in [-0.25, -0.2) is 8.78 Å². The molecule has 106 valence electrons. The zero-order chi connectivity index (χ0) is 15.0. The summed E-state index contributed by atoms with van der Waals surface area (Å²) < 4.78 is 32.9. The zero-order valence-electron chi connectivity index (χ0n) is 11.1. The monoisotopic (exact) mass is 287 g/mol. The molecule has 0 fully saturated rings. The lowest BCUT2D eigenvalue weighted by atomic mass is 10.0. The molecular weight excluding hydrogens is 276 g/mol. The van der Waals surface area contributed by atoms with E-state index >= 15 is 0 Å². The number of hydrogen-bond donors (Lipinski definition) is 1. The van der Waals surface area contributed by atoms with Gasteiger partial charge in [-0.3, -0.25) is 4.79 Å². The number of nitrogens with one attached hydrogen (secondary N) is 1. The fraction of sp³-hybridized carbons (Fsp3) is 0.0625. The van der Waals surface area contributed by atoms with Crippen molar-refractivity contribution in [2.24, 2.45) is 0 Å². The van der Waals surface area contributed by atoms with Crippen molar-refractivity contribution in [1.29, 1.82) is 0 Å². The molecule has 21 heavy (non-hydrogen) atoms. The average Bonchev–Trinajstić information content (AvgIpc) is 2.91. The van der Waals surface area contributed by atoms with Gasteiger partial charge in [-0.15, -0.1) is 0 Å². The summed E-state index contributed by atoms with van der Waals surface area (Å²) in [6.07, 6.45) is 1.38. The van der Waals surface area contributed by atoms with Crippen LogP contribution in [0.15, 0.2) is 42.6 Å². The molecule has 0 radical (unpaired) electrons. The molecule has 2 aromatic carbocycles. The summed E-state index contributed by atoms with van der Waals surface area (Å²) >= 11 is 0. The second-order valence-corrected chi connectivity index (χ2v) is 4.51. The van der Waals surface area contributed by atoms with Crippen LogP contribution in [0.25, 0.3) is 10.9 Å². The van der Waals surface area contributed by atoms with Gasteiger partial charge in [0, 0.05) is 17.1 Å². The highest BCUT2D eigenvalue weighted by Crippen LogP contribution is 2.29. The molecule has 0 aliphatic rings. The van der Waals surface area contributed by atoms with Crippen molar-refractivity contribution in [2.45, 2.75) is 0 Å². The number of aromatic amines is 1. The van der Waals surface area contributed by atoms with Crippen molar-refractivity contribution in [1.82, 2.24) is 4.98 Å². The number of carbonyl (C=O) groups excluding carboxylic acids is 1. The summed E-state index contributed by atoms with van der Waals surface area (Å²) in [4.78, 5) is 15.4. The predicted octanol–water partition coefficient (Wildman–Crippen LogP) is 3.69. The maximum atomic E-state index is 14.0. The molecule has 0 unspecified atom stereocenters. The van der Waals surface area contributed by atoms with Crippen molar-refractivity contribution >= 4 is 16.7 Å². The number of aromatic nitrogens is 1. The van der Waals surface area contributed by atoms with Gasteiger partial charge in [-0.05, 0) is 24.3 Å². The number of methoxy groups -OCH3 is 1. The van der Waals surface area contributed by atoms with Crippen LogP contribution in [0.4, 0.5) is 8.78 Å². The molecule has 3 nitrogen and oxygen atoms in total. The van der Waals surface area contributed by atoms with Crippen LogP contribution in [0.1, 0.15) is 15.9 Å². The van der Waals surface area contributed by atoms with Crippen LogP contribution in [0.5, 0.6) is 5.75 Å². The third-order valence-electron chi connectivity index (χ3n) is 3.32. The van der Waals surface area contributed by atoms with Crippen LogP contribution in [0.3, 0.4) is 0 Å². The smallest absolute Gasteiger partial charge is 0.201 e. The van der Waals surface area contributed by atoms with E-state index in [0.29, 0.717) is 5.52 Å². The molecule has 0 saturated heterocycles. The number of fused-ring (bicyclic) bond motifs is 1. The lowest BCUT2D eigenvalue weighted by molar-refractivity contribution is 0.103. The normalized spacial score (nSPS) is 10.8. The van der Waals surface area contributed by atoms with Crippen molar-refractivity contribution in [2.75, 3.05) is 7.11 Å². The molecule has 0 aliphatic carbocycles. The maximum absolute atomic E-state index is 14.0. The van der Waals surface area contributed by atoms with Gasteiger partial charge in [-0.2, -0.15) is 0 Å². The molecule has 1 aromatic heterocycles. The van der Waals surface area contributed by atoms with E-state index < -0.39 is 17.4 Å². The first kappa shape index (κ1) is 13.3. The molecule has 0 aliphatic heterocycles. The van der Waals surface area contributed by atoms with Crippen LogP contribution in [0.2, 0.25) is 0 Å². The molecule has 3 rings (SSSR count). The van der Waals surface area contributed by atoms with E-state index in [1.807, 2.05) is 0 Å². The van der Waals surface area contributed by atoms with Crippen LogP contribution >= 0.6 is 0 Å². The number of H-pyrrole nitrogens is 1. The minimum Gasteiger partial charge on any atom is -0.496 e. The molecule has 0 amide bonds. The van der Waals surface area contributed by atoms with Crippen LogP contribution < -0.4 is 4.74 Å². The van der Waals surface area contributed by atoms with Crippen molar-refractivity contribution in [3.63, 3.8) is 0 Å². The Morgan fingerprint density at radius 1 is 1.10 bits per heavy atom. The summed E-state index contributed by atoms with van der Waals surface area (Å²) in [6, 6.07) is 8.54. The first-order valence-electron chi connectivity index (χ1n) is 6.26. The van der Waals surface area contributed by atoms with E-state index in [-0.39, 0.29) is 22.3 Å². The van der Waals surface area contributed by atoms with Gasteiger partial charge in [-0.1, -0.05) is 12.1 Å². The Morgan fingerprint density at radius 3 is 2.57 bits per heavy atom. The Balaban J connectivity index is 2.23. The highest BCUT2D eigenvalue weighted by Gasteiger charge is 2.23. The molecular formula is C16H11F2NO2. The van der Waals surface area contributed by atoms with Crippen LogP contribution in [-0.2, 0) is 0 Å². The van der Waals surface area contributed by atoms with Gasteiger partial charge in [0.15, 0.2) is 0 Å². The highest BCUT2D eigenvalue weighted by atomic mass is 19.1. The number of ether oxygens (including phenoxy) is 1. The van der Waals surface area contributed by atoms with E-state index in [0.717, 1.165) is 0 Å². The molecule has 1 heterocycles. The third-order valence-corrected chi connectivity index (χ3v) is 3.32. The number of benzene rings is 2. The summed E-state index contributed by atoms with van der Waals surface area (Å²) in [5.74, 6) is -1.75. The lowest BCUT2D eigenvalue weighted by Crippen LogP contribution is -2.06. The summed E-state index contributed by atoms with van der Waals surface area (Å²) in [5.41, 5.74) is 0.351. The van der Waals surface area contributed by atoms with E-state index in [1.54, 1.807) is 6.07 Å². The first-order chi connectivity index (χ1) is 10.1. The summed E-state index contributed by atoms with van der Waals surface area (Å²) in [7, 11) is 1.35. The zero-order valence-corrected chi connectivity index (χ0v) is 11.1. The van der Waals surface area contributed by atoms with Gasteiger partial charge >= 0.3 is 0 Å². The summed E-state index contributed by atoms with van der Waals surface area (Å²) in [6.45, 7) is 0. The van der Waals surface area contributed by atoms with Crippen molar-refractivity contribution in [3.05, 3.63) is 65.4 Å². The average molecular weight is 287 g/mol. The number of carbonyl (C=O) groups is 1. The van der Waals surface area contributed by atoms with E-state index in [4.69, 9.17) is 4.74 Å². The van der Waals surface area contributed by atoms with Gasteiger partial charge < -0.3 is 9.72 Å². The fourth-order valence-corrected chi connectivity index (χ4v) is 2.35. The molecule has 1 N–H and O–H groups in total. The molecule has 0 spiro atoms. The highest BCUT2D eigenvalue weighted by molar-refractivity contribution is 6.17. The van der Waals surface area contributed by atoms with Crippen molar-refractivity contribution in [3.8, 4) is 5.75 Å². The predicted molar refractivity (Wildman–Crippen MR) is 74.6 cm³/mol. The standard InChI is InChI=1S/C16H11F2NO2/c1-21-13-7-3-5-11(18)15(13)16(20)9-8-19-12-6-2-4-10(17)14(9)12/h2-8,19H,1H3. The Morgan fingerprint density at radius 2 is 1.81 bits per heavy atom. The minimum absolute atomic E-state index is 0.0755. The maximum Gasteiger partial charge on any atom is 0.201 e. The van der Waals surface area contributed by atoms with Gasteiger partial charge in [0.1, 0.15) is 22.9 Å².